The van der Waals surface area contributed by atoms with Crippen molar-refractivity contribution in [1.29, 1.82) is 0 Å². The second-order valence-electron chi connectivity index (χ2n) is 5.89. The molecule has 2 rings (SSSR count). The van der Waals surface area contributed by atoms with Gasteiger partial charge in [-0.2, -0.15) is 0 Å². The smallest absolute Gasteiger partial charge is 0.267 e. The number of benzene rings is 1. The van der Waals surface area contributed by atoms with Gasteiger partial charge in [-0.1, -0.05) is 20.8 Å². The van der Waals surface area contributed by atoms with Gasteiger partial charge in [0, 0.05) is 18.5 Å². The van der Waals surface area contributed by atoms with Gasteiger partial charge < -0.3 is 9.64 Å². The summed E-state index contributed by atoms with van der Waals surface area (Å²) in [7, 11) is 0. The summed E-state index contributed by atoms with van der Waals surface area (Å²) in [5.41, 5.74) is 1.36. The van der Waals surface area contributed by atoms with Crippen LogP contribution in [0.5, 0.6) is 5.75 Å². The second kappa shape index (κ2) is 6.29. The average molecular weight is 289 g/mol. The lowest BCUT2D eigenvalue weighted by atomic mass is 10.0. The van der Waals surface area contributed by atoms with Gasteiger partial charge in [-0.3, -0.25) is 9.59 Å². The number of ketones is 1. The largest absolute Gasteiger partial charge is 0.479 e. The molecule has 0 bridgehead atoms. The number of carbonyl (C=O) groups is 2. The Bertz CT molecular complexity index is 551. The van der Waals surface area contributed by atoms with Crippen LogP contribution in [0.15, 0.2) is 18.2 Å². The highest BCUT2D eigenvalue weighted by molar-refractivity contribution is 6.02. The Morgan fingerprint density at radius 3 is 2.71 bits per heavy atom. The number of rotatable bonds is 5. The number of nitrogens with zero attached hydrogens (tertiary/aromatic N) is 1. The first-order valence-electron chi connectivity index (χ1n) is 7.59. The number of carbonyl (C=O) groups excluding carboxylic acids is 2. The quantitative estimate of drug-likeness (QED) is 0.780. The molecule has 1 atom stereocenters. The van der Waals surface area contributed by atoms with E-state index >= 15 is 0 Å². The summed E-state index contributed by atoms with van der Waals surface area (Å²) in [6, 6.07) is 5.35. The first-order valence-corrected chi connectivity index (χ1v) is 7.59. The van der Waals surface area contributed by atoms with E-state index in [4.69, 9.17) is 4.74 Å². The Balaban J connectivity index is 2.37. The fourth-order valence-electron chi connectivity index (χ4n) is 2.40. The highest BCUT2D eigenvalue weighted by Gasteiger charge is 2.31. The summed E-state index contributed by atoms with van der Waals surface area (Å²) >= 11 is 0. The van der Waals surface area contributed by atoms with Crippen molar-refractivity contribution in [3.05, 3.63) is 23.8 Å². The van der Waals surface area contributed by atoms with Gasteiger partial charge in [-0.05, 0) is 37.5 Å². The molecule has 1 heterocycles. The van der Waals surface area contributed by atoms with Gasteiger partial charge in [0.1, 0.15) is 5.75 Å². The molecule has 1 aliphatic rings. The Hall–Kier alpha value is -1.84. The highest BCUT2D eigenvalue weighted by Crippen LogP contribution is 2.35. The van der Waals surface area contributed by atoms with Crippen molar-refractivity contribution < 1.29 is 14.3 Å². The van der Waals surface area contributed by atoms with Crippen LogP contribution >= 0.6 is 0 Å². The zero-order valence-corrected chi connectivity index (χ0v) is 13.2. The first-order chi connectivity index (χ1) is 9.93. The van der Waals surface area contributed by atoms with Crippen LogP contribution in [0.25, 0.3) is 0 Å². The van der Waals surface area contributed by atoms with E-state index in [1.54, 1.807) is 30.0 Å². The normalized spacial score (nSPS) is 17.7. The maximum Gasteiger partial charge on any atom is 0.267 e. The first kappa shape index (κ1) is 15.5. The van der Waals surface area contributed by atoms with Crippen LogP contribution in [-0.2, 0) is 4.79 Å². The molecule has 1 unspecified atom stereocenters. The molecule has 0 aromatic heterocycles. The number of amides is 1. The summed E-state index contributed by atoms with van der Waals surface area (Å²) in [4.78, 5) is 26.0. The van der Waals surface area contributed by atoms with Crippen LogP contribution < -0.4 is 9.64 Å². The van der Waals surface area contributed by atoms with Crippen molar-refractivity contribution in [2.75, 3.05) is 11.4 Å². The minimum Gasteiger partial charge on any atom is -0.479 e. The van der Waals surface area contributed by atoms with E-state index in [-0.39, 0.29) is 11.7 Å². The zero-order chi connectivity index (χ0) is 15.6. The minimum absolute atomic E-state index is 0.0377. The van der Waals surface area contributed by atoms with Gasteiger partial charge in [0.25, 0.3) is 5.91 Å². The molecule has 0 saturated carbocycles. The van der Waals surface area contributed by atoms with E-state index in [2.05, 4.69) is 13.8 Å². The van der Waals surface area contributed by atoms with Crippen LogP contribution in [0.4, 0.5) is 5.69 Å². The summed E-state index contributed by atoms with van der Waals surface area (Å²) < 4.78 is 5.65. The lowest BCUT2D eigenvalue weighted by Crippen LogP contribution is -2.45. The van der Waals surface area contributed by atoms with Gasteiger partial charge in [-0.25, -0.2) is 0 Å². The van der Waals surface area contributed by atoms with E-state index in [0.29, 0.717) is 30.2 Å². The van der Waals surface area contributed by atoms with Crippen molar-refractivity contribution in [2.24, 2.45) is 5.92 Å². The predicted molar refractivity (Wildman–Crippen MR) is 83.0 cm³/mol. The van der Waals surface area contributed by atoms with Gasteiger partial charge in [0.05, 0.1) is 5.69 Å². The molecule has 0 spiro atoms. The monoisotopic (exact) mass is 289 g/mol. The lowest BCUT2D eigenvalue weighted by molar-refractivity contribution is -0.125. The summed E-state index contributed by atoms with van der Waals surface area (Å²) in [6.45, 7) is 8.51. The van der Waals surface area contributed by atoms with Gasteiger partial charge in [-0.15, -0.1) is 0 Å². The third kappa shape index (κ3) is 3.26. The summed E-state index contributed by atoms with van der Waals surface area (Å²) in [5.74, 6) is 1.23. The molecule has 1 aromatic rings. The fourth-order valence-corrected chi connectivity index (χ4v) is 2.40. The molecule has 1 aromatic carbocycles. The molecule has 114 valence electrons. The Morgan fingerprint density at radius 2 is 2.10 bits per heavy atom. The molecule has 21 heavy (non-hydrogen) atoms. The van der Waals surface area contributed by atoms with E-state index in [9.17, 15) is 9.59 Å². The maximum absolute atomic E-state index is 12.4. The number of hydrogen-bond acceptors (Lipinski definition) is 3. The van der Waals surface area contributed by atoms with E-state index in [0.717, 1.165) is 12.1 Å². The summed E-state index contributed by atoms with van der Waals surface area (Å²) in [6.07, 6.45) is 0.900. The van der Waals surface area contributed by atoms with Crippen molar-refractivity contribution in [3.63, 3.8) is 0 Å². The number of hydrogen-bond donors (Lipinski definition) is 0. The number of ether oxygens (including phenoxy) is 1. The van der Waals surface area contributed by atoms with E-state index in [1.165, 1.54) is 0 Å². The SMILES string of the molecule is CCC(=O)c1ccc2c(c1)N(CCC(C)C)C(=O)C(C)O2. The van der Waals surface area contributed by atoms with Crippen molar-refractivity contribution in [2.45, 2.75) is 46.6 Å². The fraction of sp³-hybridized carbons (Fsp3) is 0.529. The molecule has 0 N–H and O–H groups in total. The van der Waals surface area contributed by atoms with Crippen LogP contribution in [0.2, 0.25) is 0 Å². The highest BCUT2D eigenvalue weighted by atomic mass is 16.5. The predicted octanol–water partition coefficient (Wildman–Crippen LogP) is 3.44. The van der Waals surface area contributed by atoms with Crippen molar-refractivity contribution in [1.82, 2.24) is 0 Å². The van der Waals surface area contributed by atoms with E-state index < -0.39 is 6.10 Å². The maximum atomic E-state index is 12.4. The molecule has 4 heteroatoms. The molecule has 0 saturated heterocycles. The topological polar surface area (TPSA) is 46.6 Å². The van der Waals surface area contributed by atoms with Crippen LogP contribution in [0, 0.1) is 5.92 Å². The molecular formula is C17H23NO3. The molecule has 1 aliphatic heterocycles. The van der Waals surface area contributed by atoms with Gasteiger partial charge >= 0.3 is 0 Å². The lowest BCUT2D eigenvalue weighted by Gasteiger charge is -2.33. The van der Waals surface area contributed by atoms with Crippen molar-refractivity contribution >= 4 is 17.4 Å². The van der Waals surface area contributed by atoms with Crippen LogP contribution in [0.3, 0.4) is 0 Å². The molecule has 0 aliphatic carbocycles. The van der Waals surface area contributed by atoms with Crippen LogP contribution in [0.1, 0.15) is 50.9 Å². The Morgan fingerprint density at radius 1 is 1.38 bits per heavy atom. The molecule has 0 radical (unpaired) electrons. The number of fused-ring (bicyclic) bond motifs is 1. The second-order valence-corrected chi connectivity index (χ2v) is 5.89. The number of anilines is 1. The van der Waals surface area contributed by atoms with Gasteiger partial charge in [0.15, 0.2) is 11.9 Å². The zero-order valence-electron chi connectivity index (χ0n) is 13.2. The van der Waals surface area contributed by atoms with Crippen molar-refractivity contribution in [3.8, 4) is 5.75 Å². The Kier molecular flexibility index (Phi) is 4.66. The molecule has 1 amide bonds. The third-order valence-corrected chi connectivity index (χ3v) is 3.74. The van der Waals surface area contributed by atoms with Gasteiger partial charge in [0.2, 0.25) is 0 Å². The molecule has 4 nitrogen and oxygen atoms in total. The Labute approximate surface area is 126 Å². The average Bonchev–Trinajstić information content (AvgIpc) is 2.46. The van der Waals surface area contributed by atoms with E-state index in [1.807, 2.05) is 6.92 Å². The number of Topliss-reactive ketones (excluding diaryl/α,β-unsaturated/α-hetero) is 1. The summed E-state index contributed by atoms with van der Waals surface area (Å²) in [5, 5.41) is 0. The third-order valence-electron chi connectivity index (χ3n) is 3.74. The standard InChI is InChI=1S/C17H23NO3/c1-5-15(19)13-6-7-16-14(10-13)18(9-8-11(2)3)17(20)12(4)21-16/h6-7,10-12H,5,8-9H2,1-4H3. The molecule has 0 fully saturated rings. The minimum atomic E-state index is -0.475. The van der Waals surface area contributed by atoms with Crippen LogP contribution in [-0.4, -0.2) is 24.3 Å². The molecular weight excluding hydrogens is 266 g/mol.